The molecule has 1 aromatic carbocycles. The molecule has 1 aromatic rings. The third-order valence-electron chi connectivity index (χ3n) is 2.27. The van der Waals surface area contributed by atoms with Crippen LogP contribution in [-0.4, -0.2) is 19.8 Å². The average Bonchev–Trinajstić information content (AvgIpc) is 2.19. The minimum absolute atomic E-state index is 0.00292. The molecule has 4 heteroatoms. The molecule has 1 fully saturated rings. The summed E-state index contributed by atoms with van der Waals surface area (Å²) in [5.74, 6) is -0.153. The maximum atomic E-state index is 13.5. The van der Waals surface area contributed by atoms with Gasteiger partial charge in [0.1, 0.15) is 5.82 Å². The molecule has 0 spiro atoms. The summed E-state index contributed by atoms with van der Waals surface area (Å²) in [5, 5.41) is 3.25. The lowest BCUT2D eigenvalue weighted by molar-refractivity contribution is 0.0755. The topological polar surface area (TPSA) is 21.3 Å². The van der Waals surface area contributed by atoms with Gasteiger partial charge in [-0.2, -0.15) is 0 Å². The maximum absolute atomic E-state index is 13.5. The van der Waals surface area contributed by atoms with Crippen LogP contribution in [0.2, 0.25) is 0 Å². The highest BCUT2D eigenvalue weighted by molar-refractivity contribution is 14.1. The second-order valence-electron chi connectivity index (χ2n) is 3.22. The minimum Gasteiger partial charge on any atom is -0.378 e. The molecule has 1 aliphatic rings. The van der Waals surface area contributed by atoms with E-state index in [4.69, 9.17) is 4.74 Å². The average molecular weight is 307 g/mol. The SMILES string of the molecule is Fc1cccc(I)c1[C@@H]1COCCN1. The van der Waals surface area contributed by atoms with Gasteiger partial charge in [-0.25, -0.2) is 4.39 Å². The molecule has 1 saturated heterocycles. The monoisotopic (exact) mass is 307 g/mol. The number of halogens is 2. The van der Waals surface area contributed by atoms with Gasteiger partial charge in [0.05, 0.1) is 19.3 Å². The van der Waals surface area contributed by atoms with Gasteiger partial charge in [-0.3, -0.25) is 0 Å². The van der Waals surface area contributed by atoms with Crippen molar-refractivity contribution in [2.75, 3.05) is 19.8 Å². The molecule has 0 amide bonds. The summed E-state index contributed by atoms with van der Waals surface area (Å²) < 4.78 is 19.8. The quantitative estimate of drug-likeness (QED) is 0.802. The van der Waals surface area contributed by atoms with E-state index in [2.05, 4.69) is 27.9 Å². The summed E-state index contributed by atoms with van der Waals surface area (Å²) in [7, 11) is 0. The Morgan fingerprint density at radius 1 is 1.50 bits per heavy atom. The van der Waals surface area contributed by atoms with Crippen molar-refractivity contribution in [3.8, 4) is 0 Å². The zero-order valence-corrected chi connectivity index (χ0v) is 9.75. The second-order valence-corrected chi connectivity index (χ2v) is 4.38. The van der Waals surface area contributed by atoms with Crippen LogP contribution in [0, 0.1) is 9.39 Å². The molecule has 1 heterocycles. The Balaban J connectivity index is 2.29. The Hall–Kier alpha value is -0.200. The summed E-state index contributed by atoms with van der Waals surface area (Å²) in [6, 6.07) is 5.13. The van der Waals surface area contributed by atoms with E-state index in [9.17, 15) is 4.39 Å². The summed E-state index contributed by atoms with van der Waals surface area (Å²) in [4.78, 5) is 0. The molecule has 2 nitrogen and oxygen atoms in total. The number of morpholine rings is 1. The van der Waals surface area contributed by atoms with Crippen LogP contribution in [0.5, 0.6) is 0 Å². The van der Waals surface area contributed by atoms with Crippen LogP contribution in [0.3, 0.4) is 0 Å². The zero-order valence-electron chi connectivity index (χ0n) is 7.59. The lowest BCUT2D eigenvalue weighted by Gasteiger charge is -2.25. The molecule has 1 N–H and O–H groups in total. The van der Waals surface area contributed by atoms with Crippen LogP contribution < -0.4 is 5.32 Å². The van der Waals surface area contributed by atoms with Crippen LogP contribution in [0.15, 0.2) is 18.2 Å². The molecule has 14 heavy (non-hydrogen) atoms. The van der Waals surface area contributed by atoms with E-state index >= 15 is 0 Å². The summed E-state index contributed by atoms with van der Waals surface area (Å²) in [6.45, 7) is 2.05. The van der Waals surface area contributed by atoms with Gasteiger partial charge in [-0.05, 0) is 34.7 Å². The zero-order chi connectivity index (χ0) is 9.97. The first-order chi connectivity index (χ1) is 6.79. The molecule has 1 atom stereocenters. The standard InChI is InChI=1S/C10H11FINO/c11-7-2-1-3-8(12)10(7)9-6-14-5-4-13-9/h1-3,9,13H,4-6H2/t9-/m0/s1. The van der Waals surface area contributed by atoms with Crippen LogP contribution in [-0.2, 0) is 4.74 Å². The summed E-state index contributed by atoms with van der Waals surface area (Å²) in [5.41, 5.74) is 0.729. The van der Waals surface area contributed by atoms with Crippen molar-refractivity contribution < 1.29 is 9.13 Å². The molecule has 0 radical (unpaired) electrons. The first-order valence-corrected chi connectivity index (χ1v) is 5.62. The van der Waals surface area contributed by atoms with E-state index in [1.54, 1.807) is 6.07 Å². The fraction of sp³-hybridized carbons (Fsp3) is 0.400. The van der Waals surface area contributed by atoms with Crippen LogP contribution in [0.25, 0.3) is 0 Å². The van der Waals surface area contributed by atoms with E-state index in [1.807, 2.05) is 6.07 Å². The van der Waals surface area contributed by atoms with E-state index < -0.39 is 0 Å². The van der Waals surface area contributed by atoms with Crippen molar-refractivity contribution in [2.24, 2.45) is 0 Å². The van der Waals surface area contributed by atoms with Crippen molar-refractivity contribution in [2.45, 2.75) is 6.04 Å². The number of ether oxygens (including phenoxy) is 1. The number of rotatable bonds is 1. The van der Waals surface area contributed by atoms with Crippen molar-refractivity contribution in [3.63, 3.8) is 0 Å². The normalized spacial score (nSPS) is 22.3. The van der Waals surface area contributed by atoms with Gasteiger partial charge in [0, 0.05) is 15.7 Å². The lowest BCUT2D eigenvalue weighted by atomic mass is 10.1. The number of hydrogen-bond acceptors (Lipinski definition) is 2. The van der Waals surface area contributed by atoms with Crippen LogP contribution in [0.1, 0.15) is 11.6 Å². The summed E-state index contributed by atoms with van der Waals surface area (Å²) in [6.07, 6.45) is 0. The highest BCUT2D eigenvalue weighted by Crippen LogP contribution is 2.24. The Kier molecular flexibility index (Phi) is 3.35. The van der Waals surface area contributed by atoms with Crippen LogP contribution >= 0.6 is 22.6 Å². The highest BCUT2D eigenvalue weighted by atomic mass is 127. The molecule has 2 rings (SSSR count). The van der Waals surface area contributed by atoms with Gasteiger partial charge >= 0.3 is 0 Å². The highest BCUT2D eigenvalue weighted by Gasteiger charge is 2.20. The first-order valence-electron chi connectivity index (χ1n) is 4.54. The third kappa shape index (κ3) is 2.07. The van der Waals surface area contributed by atoms with Crippen molar-refractivity contribution in [1.29, 1.82) is 0 Å². The molecule has 0 saturated carbocycles. The molecular formula is C10H11FINO. The number of nitrogens with one attached hydrogen (secondary N) is 1. The van der Waals surface area contributed by atoms with Gasteiger partial charge < -0.3 is 10.1 Å². The molecule has 0 aromatic heterocycles. The van der Waals surface area contributed by atoms with Gasteiger partial charge in [0.25, 0.3) is 0 Å². The molecule has 0 bridgehead atoms. The lowest BCUT2D eigenvalue weighted by Crippen LogP contribution is -2.35. The van der Waals surface area contributed by atoms with E-state index in [0.717, 1.165) is 15.7 Å². The van der Waals surface area contributed by atoms with E-state index in [0.29, 0.717) is 13.2 Å². The summed E-state index contributed by atoms with van der Waals surface area (Å²) >= 11 is 2.15. The molecule has 76 valence electrons. The second kappa shape index (κ2) is 4.55. The predicted octanol–water partition coefficient (Wildman–Crippen LogP) is 2.09. The van der Waals surface area contributed by atoms with Crippen LogP contribution in [0.4, 0.5) is 4.39 Å². The maximum Gasteiger partial charge on any atom is 0.129 e. The predicted molar refractivity (Wildman–Crippen MR) is 60.7 cm³/mol. The fourth-order valence-electron chi connectivity index (χ4n) is 1.59. The minimum atomic E-state index is -0.153. The Morgan fingerprint density at radius 3 is 3.00 bits per heavy atom. The molecular weight excluding hydrogens is 296 g/mol. The molecule has 0 aliphatic carbocycles. The van der Waals surface area contributed by atoms with Crippen molar-refractivity contribution >= 4 is 22.6 Å². The largest absolute Gasteiger partial charge is 0.378 e. The van der Waals surface area contributed by atoms with Gasteiger partial charge in [-0.1, -0.05) is 6.07 Å². The fourth-order valence-corrected chi connectivity index (χ4v) is 2.44. The Labute approximate surface area is 96.0 Å². The number of benzene rings is 1. The first kappa shape index (κ1) is 10.3. The Bertz CT molecular complexity index is 306. The Morgan fingerprint density at radius 2 is 2.36 bits per heavy atom. The number of hydrogen-bond donors (Lipinski definition) is 1. The van der Waals surface area contributed by atoms with E-state index in [1.165, 1.54) is 6.07 Å². The third-order valence-corrected chi connectivity index (χ3v) is 3.21. The smallest absolute Gasteiger partial charge is 0.129 e. The van der Waals surface area contributed by atoms with Crippen molar-refractivity contribution in [1.82, 2.24) is 5.32 Å². The molecule has 1 aliphatic heterocycles. The van der Waals surface area contributed by atoms with Crippen molar-refractivity contribution in [3.05, 3.63) is 33.1 Å². The van der Waals surface area contributed by atoms with E-state index in [-0.39, 0.29) is 11.9 Å². The van der Waals surface area contributed by atoms with Gasteiger partial charge in [-0.15, -0.1) is 0 Å². The molecule has 0 unspecified atom stereocenters. The van der Waals surface area contributed by atoms with Gasteiger partial charge in [0.15, 0.2) is 0 Å². The van der Waals surface area contributed by atoms with Gasteiger partial charge in [0.2, 0.25) is 0 Å².